The molecule has 0 bridgehead atoms. The van der Waals surface area contributed by atoms with Crippen molar-refractivity contribution < 1.29 is 9.90 Å². The maximum Gasteiger partial charge on any atom is 0.225 e. The highest BCUT2D eigenvalue weighted by atomic mass is 16.3. The van der Waals surface area contributed by atoms with Gasteiger partial charge in [0.05, 0.1) is 12.0 Å². The Kier molecular flexibility index (Phi) is 2.65. The van der Waals surface area contributed by atoms with Gasteiger partial charge >= 0.3 is 0 Å². The second kappa shape index (κ2) is 2.82. The van der Waals surface area contributed by atoms with Crippen molar-refractivity contribution in [2.24, 2.45) is 11.1 Å². The molecule has 3 N–H and O–H groups in total. The first kappa shape index (κ1) is 8.43. The molecule has 0 fully saturated rings. The minimum absolute atomic E-state index is 0.223. The number of nitrogens with two attached hydrogens (primary N) is 1. The first-order valence-corrected chi connectivity index (χ1v) is 2.78. The van der Waals surface area contributed by atoms with Gasteiger partial charge in [0.25, 0.3) is 0 Å². The predicted molar refractivity (Wildman–Crippen MR) is 34.4 cm³/mol. The van der Waals surface area contributed by atoms with Crippen molar-refractivity contribution in [2.75, 3.05) is 6.61 Å². The van der Waals surface area contributed by atoms with E-state index in [-0.39, 0.29) is 6.61 Å². The molecule has 3 heteroatoms. The van der Waals surface area contributed by atoms with Gasteiger partial charge in [0.2, 0.25) is 5.91 Å². The normalized spacial score (nSPS) is 16.8. The molecule has 0 saturated carbocycles. The van der Waals surface area contributed by atoms with Crippen LogP contribution in [0.4, 0.5) is 0 Å². The van der Waals surface area contributed by atoms with Crippen LogP contribution in [0.2, 0.25) is 0 Å². The second-order valence-electron chi connectivity index (χ2n) is 2.23. The second-order valence-corrected chi connectivity index (χ2v) is 2.23. The highest BCUT2D eigenvalue weighted by Gasteiger charge is 2.27. The zero-order valence-electron chi connectivity index (χ0n) is 5.72. The molecule has 1 radical (unpaired) electrons. The SMILES string of the molecule is C[CH]C(C)(CO)C(N)=O. The minimum atomic E-state index is -0.847. The molecule has 0 aliphatic rings. The van der Waals surface area contributed by atoms with E-state index in [9.17, 15) is 4.79 Å². The van der Waals surface area contributed by atoms with Gasteiger partial charge in [-0.3, -0.25) is 4.79 Å². The lowest BCUT2D eigenvalue weighted by atomic mass is 9.88. The van der Waals surface area contributed by atoms with Crippen LogP contribution >= 0.6 is 0 Å². The van der Waals surface area contributed by atoms with Crippen LogP contribution < -0.4 is 5.73 Å². The third-order valence-electron chi connectivity index (χ3n) is 1.53. The molecule has 0 aromatic carbocycles. The fraction of sp³-hybridized carbons (Fsp3) is 0.667. The topological polar surface area (TPSA) is 63.3 Å². The van der Waals surface area contributed by atoms with Gasteiger partial charge in [-0.2, -0.15) is 0 Å². The molecular formula is C6H12NO2. The first-order chi connectivity index (χ1) is 4.06. The molecule has 0 spiro atoms. The van der Waals surface area contributed by atoms with E-state index in [1.54, 1.807) is 20.3 Å². The number of aliphatic hydroxyl groups is 1. The Bertz CT molecular complexity index is 108. The van der Waals surface area contributed by atoms with Gasteiger partial charge in [-0.1, -0.05) is 6.92 Å². The maximum atomic E-state index is 10.5. The maximum absolute atomic E-state index is 10.5. The summed E-state index contributed by atoms with van der Waals surface area (Å²) in [5.74, 6) is -0.493. The average molecular weight is 130 g/mol. The van der Waals surface area contributed by atoms with E-state index in [1.807, 2.05) is 0 Å². The van der Waals surface area contributed by atoms with Crippen LogP contribution in [0.25, 0.3) is 0 Å². The van der Waals surface area contributed by atoms with Crippen molar-refractivity contribution in [3.8, 4) is 0 Å². The number of primary amides is 1. The highest BCUT2D eigenvalue weighted by molar-refractivity contribution is 5.81. The zero-order chi connectivity index (χ0) is 7.49. The molecule has 53 valence electrons. The van der Waals surface area contributed by atoms with Crippen molar-refractivity contribution in [3.05, 3.63) is 6.42 Å². The van der Waals surface area contributed by atoms with E-state index in [0.717, 1.165) is 0 Å². The quantitative estimate of drug-likeness (QED) is 0.550. The molecule has 0 aliphatic carbocycles. The molecule has 0 heterocycles. The Morgan fingerprint density at radius 2 is 2.33 bits per heavy atom. The molecule has 0 aromatic rings. The van der Waals surface area contributed by atoms with Crippen LogP contribution in [-0.2, 0) is 4.79 Å². The van der Waals surface area contributed by atoms with Gasteiger partial charge in [-0.05, 0) is 13.3 Å². The zero-order valence-corrected chi connectivity index (χ0v) is 5.72. The van der Waals surface area contributed by atoms with Crippen molar-refractivity contribution in [1.29, 1.82) is 0 Å². The van der Waals surface area contributed by atoms with Crippen molar-refractivity contribution in [1.82, 2.24) is 0 Å². The third kappa shape index (κ3) is 1.68. The summed E-state index contributed by atoms with van der Waals surface area (Å²) in [7, 11) is 0. The van der Waals surface area contributed by atoms with Gasteiger partial charge < -0.3 is 10.8 Å². The molecule has 1 unspecified atom stereocenters. The molecule has 0 saturated heterocycles. The molecule has 0 aromatic heterocycles. The monoisotopic (exact) mass is 130 g/mol. The molecular weight excluding hydrogens is 118 g/mol. The molecule has 9 heavy (non-hydrogen) atoms. The Labute approximate surface area is 54.9 Å². The third-order valence-corrected chi connectivity index (χ3v) is 1.53. The molecule has 1 amide bonds. The summed E-state index contributed by atoms with van der Waals surface area (Å²) >= 11 is 0. The van der Waals surface area contributed by atoms with Crippen LogP contribution in [0.1, 0.15) is 13.8 Å². The largest absolute Gasteiger partial charge is 0.395 e. The summed E-state index contributed by atoms with van der Waals surface area (Å²) in [6, 6.07) is 0. The Balaban J connectivity index is 4.09. The summed E-state index contributed by atoms with van der Waals surface area (Å²) in [5.41, 5.74) is 4.11. The van der Waals surface area contributed by atoms with Crippen LogP contribution in [0, 0.1) is 11.8 Å². The smallest absolute Gasteiger partial charge is 0.225 e. The molecule has 1 atom stereocenters. The lowest BCUT2D eigenvalue weighted by molar-refractivity contribution is -0.126. The minimum Gasteiger partial charge on any atom is -0.395 e. The lowest BCUT2D eigenvalue weighted by Crippen LogP contribution is -2.37. The van der Waals surface area contributed by atoms with E-state index in [4.69, 9.17) is 10.8 Å². The number of rotatable bonds is 3. The van der Waals surface area contributed by atoms with Gasteiger partial charge in [-0.15, -0.1) is 0 Å². The van der Waals surface area contributed by atoms with Crippen LogP contribution in [0.15, 0.2) is 0 Å². The Morgan fingerprint density at radius 1 is 1.89 bits per heavy atom. The highest BCUT2D eigenvalue weighted by Crippen LogP contribution is 2.17. The van der Waals surface area contributed by atoms with E-state index in [2.05, 4.69) is 0 Å². The number of amides is 1. The number of hydrogen-bond acceptors (Lipinski definition) is 2. The molecule has 0 aliphatic heterocycles. The summed E-state index contributed by atoms with van der Waals surface area (Å²) in [4.78, 5) is 10.5. The summed E-state index contributed by atoms with van der Waals surface area (Å²) < 4.78 is 0. The summed E-state index contributed by atoms with van der Waals surface area (Å²) in [6.07, 6.45) is 1.59. The fourth-order valence-electron chi connectivity index (χ4n) is 0.311. The van der Waals surface area contributed by atoms with Gasteiger partial charge in [0, 0.05) is 0 Å². The number of carbonyl (C=O) groups excluding carboxylic acids is 1. The van der Waals surface area contributed by atoms with E-state index in [1.165, 1.54) is 0 Å². The van der Waals surface area contributed by atoms with Gasteiger partial charge in [0.1, 0.15) is 0 Å². The van der Waals surface area contributed by atoms with Crippen molar-refractivity contribution in [2.45, 2.75) is 13.8 Å². The molecule has 0 rings (SSSR count). The van der Waals surface area contributed by atoms with E-state index >= 15 is 0 Å². The average Bonchev–Trinajstić information content (AvgIpc) is 1.86. The van der Waals surface area contributed by atoms with Crippen molar-refractivity contribution in [3.63, 3.8) is 0 Å². The number of aliphatic hydroxyl groups excluding tert-OH is 1. The first-order valence-electron chi connectivity index (χ1n) is 2.78. The Morgan fingerprint density at radius 3 is 2.33 bits per heavy atom. The standard InChI is InChI=1S/C6H12NO2/c1-3-6(2,4-8)5(7)9/h3,8H,4H2,1-2H3,(H2,7,9). The van der Waals surface area contributed by atoms with Gasteiger partial charge in [0.15, 0.2) is 0 Å². The predicted octanol–water partition coefficient (Wildman–Crippen LogP) is -0.306. The van der Waals surface area contributed by atoms with E-state index < -0.39 is 11.3 Å². The molecule has 3 nitrogen and oxygen atoms in total. The number of hydrogen-bond donors (Lipinski definition) is 2. The van der Waals surface area contributed by atoms with E-state index in [0.29, 0.717) is 0 Å². The lowest BCUT2D eigenvalue weighted by Gasteiger charge is -2.19. The summed E-state index contributed by atoms with van der Waals surface area (Å²) in [5, 5.41) is 8.62. The Hall–Kier alpha value is -0.570. The van der Waals surface area contributed by atoms with Crippen LogP contribution in [-0.4, -0.2) is 17.6 Å². The van der Waals surface area contributed by atoms with Crippen molar-refractivity contribution >= 4 is 5.91 Å². The summed E-state index contributed by atoms with van der Waals surface area (Å²) in [6.45, 7) is 3.06. The number of carbonyl (C=O) groups is 1. The fourth-order valence-corrected chi connectivity index (χ4v) is 0.311. The van der Waals surface area contributed by atoms with Crippen LogP contribution in [0.5, 0.6) is 0 Å². The van der Waals surface area contributed by atoms with Gasteiger partial charge in [-0.25, -0.2) is 0 Å². The van der Waals surface area contributed by atoms with Crippen LogP contribution in [0.3, 0.4) is 0 Å².